The van der Waals surface area contributed by atoms with E-state index in [0.717, 1.165) is 12.0 Å². The number of carbonyl (C=O) groups is 2. The fourth-order valence-electron chi connectivity index (χ4n) is 4.86. The Morgan fingerprint density at radius 2 is 2.04 bits per heavy atom. The molecule has 27 heavy (non-hydrogen) atoms. The van der Waals surface area contributed by atoms with Crippen molar-refractivity contribution in [1.82, 2.24) is 14.8 Å². The fraction of sp³-hybridized carbons (Fsp3) is 0.550. The lowest BCUT2D eigenvalue weighted by atomic mass is 9.76. The summed E-state index contributed by atoms with van der Waals surface area (Å²) in [5.41, 5.74) is 0.515. The standard InChI is InChI=1S/C20H23N3O4/c24-18(22-9-11-26-12-10-22)16-15-1-5-20(27-15)13-23(19(25)17(16)20)8-4-14-2-6-21-7-3-14/h1-3,5-7,15-17H,4,8-13H2/t15-,16?,17?,20-/m0/s1. The molecule has 1 spiro atoms. The zero-order valence-corrected chi connectivity index (χ0v) is 15.1. The zero-order valence-electron chi connectivity index (χ0n) is 15.1. The number of nitrogens with zero attached hydrogens (tertiary/aromatic N) is 3. The first-order valence-electron chi connectivity index (χ1n) is 9.59. The summed E-state index contributed by atoms with van der Waals surface area (Å²) >= 11 is 0. The van der Waals surface area contributed by atoms with E-state index in [4.69, 9.17) is 9.47 Å². The molecule has 2 bridgehead atoms. The van der Waals surface area contributed by atoms with Crippen molar-refractivity contribution in [3.63, 3.8) is 0 Å². The quantitative estimate of drug-likeness (QED) is 0.713. The van der Waals surface area contributed by atoms with Crippen LogP contribution in [0.1, 0.15) is 5.56 Å². The molecule has 5 heterocycles. The average molecular weight is 369 g/mol. The number of hydrogen-bond donors (Lipinski definition) is 0. The predicted octanol–water partition coefficient (Wildman–Crippen LogP) is 0.265. The minimum atomic E-state index is -0.632. The van der Waals surface area contributed by atoms with Crippen molar-refractivity contribution >= 4 is 11.8 Å². The molecule has 1 aromatic heterocycles. The van der Waals surface area contributed by atoms with E-state index in [9.17, 15) is 9.59 Å². The van der Waals surface area contributed by atoms with Crippen LogP contribution < -0.4 is 0 Å². The first kappa shape index (κ1) is 16.9. The van der Waals surface area contributed by atoms with Crippen LogP contribution in [0.3, 0.4) is 0 Å². The van der Waals surface area contributed by atoms with Crippen molar-refractivity contribution < 1.29 is 19.1 Å². The molecule has 4 aliphatic rings. The lowest BCUT2D eigenvalue weighted by Gasteiger charge is -2.32. The maximum absolute atomic E-state index is 13.2. The van der Waals surface area contributed by atoms with E-state index in [0.29, 0.717) is 39.4 Å². The number of ether oxygens (including phenoxy) is 2. The molecule has 0 N–H and O–H groups in total. The van der Waals surface area contributed by atoms with Gasteiger partial charge in [-0.15, -0.1) is 0 Å². The second-order valence-corrected chi connectivity index (χ2v) is 7.70. The third kappa shape index (κ3) is 2.68. The summed E-state index contributed by atoms with van der Waals surface area (Å²) in [6, 6.07) is 3.93. The van der Waals surface area contributed by atoms with E-state index in [1.54, 1.807) is 12.4 Å². The maximum Gasteiger partial charge on any atom is 0.230 e. The number of carbonyl (C=O) groups excluding carboxylic acids is 2. The second kappa shape index (κ2) is 6.42. The van der Waals surface area contributed by atoms with Crippen LogP contribution in [0.2, 0.25) is 0 Å². The van der Waals surface area contributed by atoms with Crippen LogP contribution in [0.15, 0.2) is 36.7 Å². The Morgan fingerprint density at radius 3 is 2.81 bits per heavy atom. The molecular weight excluding hydrogens is 346 g/mol. The Labute approximate surface area is 157 Å². The van der Waals surface area contributed by atoms with Gasteiger partial charge >= 0.3 is 0 Å². The molecule has 3 saturated heterocycles. The van der Waals surface area contributed by atoms with Crippen LogP contribution >= 0.6 is 0 Å². The van der Waals surface area contributed by atoms with E-state index in [-0.39, 0.29) is 17.9 Å². The van der Waals surface area contributed by atoms with Crippen LogP contribution in [0.4, 0.5) is 0 Å². The van der Waals surface area contributed by atoms with Crippen molar-refractivity contribution in [2.24, 2.45) is 11.8 Å². The third-order valence-electron chi connectivity index (χ3n) is 6.21. The van der Waals surface area contributed by atoms with Crippen molar-refractivity contribution in [3.05, 3.63) is 42.2 Å². The van der Waals surface area contributed by atoms with E-state index < -0.39 is 17.4 Å². The molecule has 1 aromatic rings. The van der Waals surface area contributed by atoms with Crippen LogP contribution in [0.5, 0.6) is 0 Å². The molecule has 7 nitrogen and oxygen atoms in total. The predicted molar refractivity (Wildman–Crippen MR) is 95.6 cm³/mol. The molecule has 0 radical (unpaired) electrons. The second-order valence-electron chi connectivity index (χ2n) is 7.70. The number of hydrogen-bond acceptors (Lipinski definition) is 5. The lowest BCUT2D eigenvalue weighted by molar-refractivity contribution is -0.146. The summed E-state index contributed by atoms with van der Waals surface area (Å²) in [5, 5.41) is 0. The summed E-state index contributed by atoms with van der Waals surface area (Å²) in [5.74, 6) is -0.738. The van der Waals surface area contributed by atoms with Gasteiger partial charge in [-0.25, -0.2) is 0 Å². The monoisotopic (exact) mass is 369 g/mol. The highest BCUT2D eigenvalue weighted by Gasteiger charge is 2.67. The largest absolute Gasteiger partial charge is 0.378 e. The fourth-order valence-corrected chi connectivity index (χ4v) is 4.86. The van der Waals surface area contributed by atoms with Gasteiger partial charge in [0.2, 0.25) is 11.8 Å². The van der Waals surface area contributed by atoms with E-state index in [1.165, 1.54) is 0 Å². The van der Waals surface area contributed by atoms with Crippen LogP contribution in [0.25, 0.3) is 0 Å². The smallest absolute Gasteiger partial charge is 0.230 e. The summed E-state index contributed by atoms with van der Waals surface area (Å²) < 4.78 is 11.6. The zero-order chi connectivity index (χ0) is 18.4. The summed E-state index contributed by atoms with van der Waals surface area (Å²) in [6.07, 6.45) is 8.00. The van der Waals surface area contributed by atoms with Crippen molar-refractivity contribution in [1.29, 1.82) is 0 Å². The highest BCUT2D eigenvalue weighted by Crippen LogP contribution is 2.52. The average Bonchev–Trinajstić information content (AvgIpc) is 3.35. The van der Waals surface area contributed by atoms with Crippen LogP contribution in [-0.4, -0.2) is 77.7 Å². The first-order valence-corrected chi connectivity index (χ1v) is 9.59. The Morgan fingerprint density at radius 1 is 1.26 bits per heavy atom. The Kier molecular flexibility index (Phi) is 4.02. The third-order valence-corrected chi connectivity index (χ3v) is 6.21. The number of amides is 2. The molecule has 0 saturated carbocycles. The van der Waals surface area contributed by atoms with E-state index in [2.05, 4.69) is 4.98 Å². The van der Waals surface area contributed by atoms with E-state index >= 15 is 0 Å². The topological polar surface area (TPSA) is 72.0 Å². The van der Waals surface area contributed by atoms with Gasteiger partial charge in [-0.2, -0.15) is 0 Å². The first-order chi connectivity index (χ1) is 13.2. The maximum atomic E-state index is 13.2. The summed E-state index contributed by atoms with van der Waals surface area (Å²) in [6.45, 7) is 3.45. The van der Waals surface area contributed by atoms with Crippen molar-refractivity contribution in [2.45, 2.75) is 18.1 Å². The Balaban J connectivity index is 1.33. The molecule has 2 unspecified atom stereocenters. The van der Waals surface area contributed by atoms with Gasteiger partial charge in [-0.1, -0.05) is 12.2 Å². The van der Waals surface area contributed by atoms with Crippen LogP contribution in [0, 0.1) is 11.8 Å². The summed E-state index contributed by atoms with van der Waals surface area (Å²) in [7, 11) is 0. The van der Waals surface area contributed by atoms with Gasteiger partial charge in [0.05, 0.1) is 37.7 Å². The molecule has 7 heteroatoms. The molecule has 5 rings (SSSR count). The van der Waals surface area contributed by atoms with Gasteiger partial charge in [-0.3, -0.25) is 14.6 Å². The highest BCUT2D eigenvalue weighted by atomic mass is 16.5. The molecule has 4 aliphatic heterocycles. The van der Waals surface area contributed by atoms with Gasteiger partial charge in [0.15, 0.2) is 0 Å². The molecule has 3 fully saturated rings. The van der Waals surface area contributed by atoms with Crippen molar-refractivity contribution in [3.8, 4) is 0 Å². The molecule has 4 atom stereocenters. The minimum absolute atomic E-state index is 0.0314. The van der Waals surface area contributed by atoms with Gasteiger partial charge in [0, 0.05) is 32.0 Å². The molecule has 142 valence electrons. The summed E-state index contributed by atoms with van der Waals surface area (Å²) in [4.78, 5) is 34.0. The van der Waals surface area contributed by atoms with Crippen LogP contribution in [-0.2, 0) is 25.5 Å². The minimum Gasteiger partial charge on any atom is -0.378 e. The highest BCUT2D eigenvalue weighted by molar-refractivity contribution is 5.93. The molecular formula is C20H23N3O4. The number of pyridine rings is 1. The Bertz CT molecular complexity index is 777. The van der Waals surface area contributed by atoms with Gasteiger partial charge in [0.25, 0.3) is 0 Å². The molecule has 2 amide bonds. The van der Waals surface area contributed by atoms with Gasteiger partial charge in [-0.05, 0) is 24.1 Å². The molecule has 0 aromatic carbocycles. The number of fused-ring (bicyclic) bond motifs is 1. The normalized spacial score (nSPS) is 34.4. The molecule has 0 aliphatic carbocycles. The van der Waals surface area contributed by atoms with E-state index in [1.807, 2.05) is 34.1 Å². The van der Waals surface area contributed by atoms with Gasteiger partial charge in [0.1, 0.15) is 5.60 Å². The van der Waals surface area contributed by atoms with Gasteiger partial charge < -0.3 is 19.3 Å². The number of morpholine rings is 1. The number of aromatic nitrogens is 1. The Hall–Kier alpha value is -2.25. The SMILES string of the molecule is O=C(C1C2C(=O)N(CCc3ccncc3)C[C@@]23C=C[C@@H]1O3)N1CCOCC1. The number of rotatable bonds is 4. The van der Waals surface area contributed by atoms with Crippen molar-refractivity contribution in [2.75, 3.05) is 39.4 Å². The number of likely N-dealkylation sites (tertiary alicyclic amines) is 1. The lowest BCUT2D eigenvalue weighted by Crippen LogP contribution is -2.49.